The van der Waals surface area contributed by atoms with Gasteiger partial charge in [-0.05, 0) is 127 Å². The molecule has 0 amide bonds. The van der Waals surface area contributed by atoms with E-state index in [0.29, 0.717) is 0 Å². The van der Waals surface area contributed by atoms with E-state index in [1.54, 1.807) is 0 Å². The van der Waals surface area contributed by atoms with Gasteiger partial charge in [0.1, 0.15) is 0 Å². The lowest BCUT2D eigenvalue weighted by atomic mass is 9.64. The maximum Gasteiger partial charge on any atom is 0.0723 e. The summed E-state index contributed by atoms with van der Waals surface area (Å²) in [6, 6.07) is 81.5. The number of fused-ring (bicyclic) bond motifs is 8. The van der Waals surface area contributed by atoms with E-state index in [9.17, 15) is 0 Å². The van der Waals surface area contributed by atoms with E-state index < -0.39 is 5.41 Å². The van der Waals surface area contributed by atoms with Crippen molar-refractivity contribution in [2.45, 2.75) is 41.4 Å². The average Bonchev–Trinajstić information content (AvgIpc) is 3.56. The minimum atomic E-state index is -0.473. The van der Waals surface area contributed by atoms with Gasteiger partial charge in [0.2, 0.25) is 0 Å². The molecule has 0 N–H and O–H groups in total. The fourth-order valence-corrected chi connectivity index (χ4v) is 12.2. The van der Waals surface area contributed by atoms with E-state index in [4.69, 9.17) is 0 Å². The molecule has 0 saturated carbocycles. The molecule has 1 heterocycles. The van der Waals surface area contributed by atoms with Crippen molar-refractivity contribution in [3.8, 4) is 22.3 Å². The van der Waals surface area contributed by atoms with Gasteiger partial charge in [0.15, 0.2) is 0 Å². The van der Waals surface area contributed by atoms with Gasteiger partial charge < -0.3 is 4.90 Å². The molecule has 0 atom stereocenters. The third-order valence-corrected chi connectivity index (χ3v) is 15.0. The Morgan fingerprint density at radius 3 is 1.86 bits per heavy atom. The van der Waals surface area contributed by atoms with E-state index in [1.165, 1.54) is 98.2 Å². The van der Waals surface area contributed by atoms with Gasteiger partial charge in [-0.1, -0.05) is 195 Å². The zero-order chi connectivity index (χ0) is 42.3. The molecule has 0 radical (unpaired) electrons. The number of nitrogens with zero attached hydrogens (tertiary/aromatic N) is 1. The van der Waals surface area contributed by atoms with E-state index in [0.717, 1.165) is 11.4 Å². The van der Waals surface area contributed by atoms with Crippen molar-refractivity contribution in [1.82, 2.24) is 0 Å². The highest BCUT2D eigenvalue weighted by molar-refractivity contribution is 7.99. The maximum absolute atomic E-state index is 2.48. The second kappa shape index (κ2) is 14.5. The molecule has 0 fully saturated rings. The highest BCUT2D eigenvalue weighted by Gasteiger charge is 2.47. The highest BCUT2D eigenvalue weighted by atomic mass is 32.2. The van der Waals surface area contributed by atoms with Crippen LogP contribution in [0.3, 0.4) is 0 Å². The van der Waals surface area contributed by atoms with Crippen LogP contribution < -0.4 is 4.90 Å². The van der Waals surface area contributed by atoms with Crippen LogP contribution in [0.2, 0.25) is 0 Å². The predicted octanol–water partition coefficient (Wildman–Crippen LogP) is 16.6. The Morgan fingerprint density at radius 2 is 1.05 bits per heavy atom. The molecule has 1 nitrogen and oxygen atoms in total. The third-order valence-electron chi connectivity index (χ3n) is 13.8. The third kappa shape index (κ3) is 5.78. The number of hydrogen-bond donors (Lipinski definition) is 0. The van der Waals surface area contributed by atoms with Crippen LogP contribution >= 0.6 is 11.8 Å². The largest absolute Gasteiger partial charge is 0.310 e. The number of aryl methyl sites for hydroxylation is 1. The van der Waals surface area contributed by atoms with Crippen LogP contribution in [0.25, 0.3) is 43.8 Å². The Bertz CT molecular complexity index is 3370. The summed E-state index contributed by atoms with van der Waals surface area (Å²) in [5, 5.41) is 4.89. The lowest BCUT2D eigenvalue weighted by molar-refractivity contribution is 0.655. The first-order valence-corrected chi connectivity index (χ1v) is 22.8. The van der Waals surface area contributed by atoms with Crippen LogP contribution in [0.5, 0.6) is 0 Å². The molecule has 10 aromatic carbocycles. The van der Waals surface area contributed by atoms with Crippen LogP contribution in [0.1, 0.15) is 52.8 Å². The van der Waals surface area contributed by atoms with Crippen molar-refractivity contribution in [1.29, 1.82) is 0 Å². The second-order valence-electron chi connectivity index (χ2n) is 17.7. The van der Waals surface area contributed by atoms with E-state index in [2.05, 4.69) is 244 Å². The molecule has 0 saturated heterocycles. The molecule has 1 aliphatic heterocycles. The minimum absolute atomic E-state index is 0.148. The van der Waals surface area contributed by atoms with Gasteiger partial charge in [0, 0.05) is 37.5 Å². The summed E-state index contributed by atoms with van der Waals surface area (Å²) in [6.07, 6.45) is 0. The summed E-state index contributed by atoms with van der Waals surface area (Å²) in [5.41, 5.74) is 17.3. The quantitative estimate of drug-likeness (QED) is 0.164. The van der Waals surface area contributed by atoms with Gasteiger partial charge in [-0.3, -0.25) is 0 Å². The van der Waals surface area contributed by atoms with Crippen LogP contribution in [-0.4, -0.2) is 0 Å². The minimum Gasteiger partial charge on any atom is -0.310 e. The Kier molecular flexibility index (Phi) is 8.65. The molecule has 2 heteroatoms. The van der Waals surface area contributed by atoms with Crippen molar-refractivity contribution in [3.63, 3.8) is 0 Å². The predicted molar refractivity (Wildman–Crippen MR) is 266 cm³/mol. The molecule has 0 spiro atoms. The number of benzene rings is 10. The van der Waals surface area contributed by atoms with Crippen molar-refractivity contribution >= 4 is 50.4 Å². The number of rotatable bonds is 6. The van der Waals surface area contributed by atoms with Gasteiger partial charge in [0.25, 0.3) is 0 Å². The van der Waals surface area contributed by atoms with E-state index >= 15 is 0 Å². The number of anilines is 3. The SMILES string of the molecule is Cc1cccc(N(c2ccc3cc(-c4ccc5c(c4)-c4c(ccc6c4Sc4ccccc4C6(c4ccccc4)c4ccccc4)C5(C)C)ccc3c2)c2cccc3ccccc23)c1. The van der Waals surface area contributed by atoms with Crippen LogP contribution in [-0.2, 0) is 10.8 Å². The van der Waals surface area contributed by atoms with Crippen molar-refractivity contribution < 1.29 is 0 Å². The fraction of sp³-hybridized carbons (Fsp3) is 0.0820. The topological polar surface area (TPSA) is 3.24 Å². The molecule has 63 heavy (non-hydrogen) atoms. The smallest absolute Gasteiger partial charge is 0.0723 e. The van der Waals surface area contributed by atoms with Crippen LogP contribution in [0, 0.1) is 6.92 Å². The van der Waals surface area contributed by atoms with Crippen molar-refractivity contribution in [3.05, 3.63) is 257 Å². The van der Waals surface area contributed by atoms with E-state index in [-0.39, 0.29) is 5.41 Å². The number of hydrogen-bond acceptors (Lipinski definition) is 2. The zero-order valence-electron chi connectivity index (χ0n) is 35.6. The first-order chi connectivity index (χ1) is 30.9. The molecule has 0 aromatic heterocycles. The molecule has 0 bridgehead atoms. The van der Waals surface area contributed by atoms with Gasteiger partial charge in [0.05, 0.1) is 11.1 Å². The summed E-state index contributed by atoms with van der Waals surface area (Å²) in [6.45, 7) is 6.97. The van der Waals surface area contributed by atoms with Gasteiger partial charge >= 0.3 is 0 Å². The first kappa shape index (κ1) is 37.6. The molecule has 10 aromatic rings. The highest BCUT2D eigenvalue weighted by Crippen LogP contribution is 2.62. The van der Waals surface area contributed by atoms with Gasteiger partial charge in [-0.2, -0.15) is 0 Å². The summed E-state index contributed by atoms with van der Waals surface area (Å²) < 4.78 is 0. The Morgan fingerprint density at radius 1 is 0.429 bits per heavy atom. The Hall–Kier alpha value is -7.13. The zero-order valence-corrected chi connectivity index (χ0v) is 36.5. The molecule has 1 aliphatic carbocycles. The normalized spacial score (nSPS) is 14.1. The standard InChI is InChI=1S/C61H45NS/c1-40-16-14-23-48(36-40)62(56-26-15-18-41-17-10-11-24-50(41)56)49-32-30-43-37-42(28-29-44(43)38-49)45-31-33-52-51(39-45)58-54(60(52,2)3)34-35-55-59(58)63-57-27-13-12-25-53(57)61(55,46-19-6-4-7-20-46)47-21-8-5-9-22-47/h4-39H,1-3H3. The van der Waals surface area contributed by atoms with E-state index in [1.807, 2.05) is 11.8 Å². The molecule has 300 valence electrons. The monoisotopic (exact) mass is 823 g/mol. The first-order valence-electron chi connectivity index (χ1n) is 22.0. The van der Waals surface area contributed by atoms with Crippen LogP contribution in [0.4, 0.5) is 17.1 Å². The van der Waals surface area contributed by atoms with Gasteiger partial charge in [-0.15, -0.1) is 0 Å². The summed E-state index contributed by atoms with van der Waals surface area (Å²) in [7, 11) is 0. The molecule has 2 aliphatic rings. The lowest BCUT2D eigenvalue weighted by Crippen LogP contribution is -2.34. The van der Waals surface area contributed by atoms with Crippen LogP contribution in [0.15, 0.2) is 228 Å². The fourth-order valence-electron chi connectivity index (χ4n) is 10.8. The maximum atomic E-state index is 2.48. The summed E-state index contributed by atoms with van der Waals surface area (Å²) in [4.78, 5) is 5.08. The van der Waals surface area contributed by atoms with Gasteiger partial charge in [-0.25, -0.2) is 0 Å². The Labute approximate surface area is 374 Å². The second-order valence-corrected chi connectivity index (χ2v) is 18.8. The summed E-state index contributed by atoms with van der Waals surface area (Å²) >= 11 is 1.94. The molecular formula is C61H45NS. The van der Waals surface area contributed by atoms with Crippen molar-refractivity contribution in [2.24, 2.45) is 0 Å². The molecule has 0 unspecified atom stereocenters. The van der Waals surface area contributed by atoms with Crippen molar-refractivity contribution in [2.75, 3.05) is 4.90 Å². The molecule has 12 rings (SSSR count). The average molecular weight is 824 g/mol. The summed E-state index contributed by atoms with van der Waals surface area (Å²) in [5.74, 6) is 0. The Balaban J connectivity index is 1.00. The lowest BCUT2D eigenvalue weighted by Gasteiger charge is -2.42. The molecular weight excluding hydrogens is 779 g/mol.